The number of rotatable bonds is 10. The van der Waals surface area contributed by atoms with E-state index in [1.165, 1.54) is 0 Å². The van der Waals surface area contributed by atoms with Gasteiger partial charge in [0.25, 0.3) is 0 Å². The van der Waals surface area contributed by atoms with Gasteiger partial charge in [0.2, 0.25) is 0 Å². The number of likely N-dealkylation sites (N-methyl/N-ethyl adjacent to an activating group) is 1. The summed E-state index contributed by atoms with van der Waals surface area (Å²) in [6.07, 6.45) is 5.68. The Hall–Kier alpha value is -3.56. The van der Waals surface area contributed by atoms with Crippen LogP contribution in [0.25, 0.3) is 11.3 Å². The van der Waals surface area contributed by atoms with Gasteiger partial charge in [0.15, 0.2) is 11.5 Å². The topological polar surface area (TPSA) is 108 Å². The molecule has 240 valence electrons. The summed E-state index contributed by atoms with van der Waals surface area (Å²) < 4.78 is 11.3. The number of aliphatic carboxylic acids is 1. The number of hydrogen-bond acceptors (Lipinski definition) is 8. The van der Waals surface area contributed by atoms with Crippen LogP contribution in [0.5, 0.6) is 11.5 Å². The van der Waals surface area contributed by atoms with Crippen LogP contribution in [-0.2, 0) is 11.2 Å². The lowest BCUT2D eigenvalue weighted by molar-refractivity contribution is -0.136. The van der Waals surface area contributed by atoms with Gasteiger partial charge in [-0.25, -0.2) is 0 Å². The van der Waals surface area contributed by atoms with Gasteiger partial charge in [0, 0.05) is 54.2 Å². The number of aromatic nitrogens is 2. The van der Waals surface area contributed by atoms with Crippen LogP contribution in [0, 0.1) is 12.3 Å². The number of methoxy groups -OCH3 is 1. The smallest absolute Gasteiger partial charge is 0.307 e. The summed E-state index contributed by atoms with van der Waals surface area (Å²) in [7, 11) is 3.57. The number of nitrogens with zero attached hydrogens (tertiary/aromatic N) is 4. The van der Waals surface area contributed by atoms with Crippen molar-refractivity contribution in [2.45, 2.75) is 66.4 Å². The number of ether oxygens (including phenoxy) is 2. The maximum atomic E-state index is 11.8. The highest BCUT2D eigenvalue weighted by atomic mass is 35.5. The van der Waals surface area contributed by atoms with E-state index in [0.717, 1.165) is 59.8 Å². The molecule has 0 radical (unpaired) electrons. The van der Waals surface area contributed by atoms with Crippen LogP contribution < -0.4 is 19.3 Å². The summed E-state index contributed by atoms with van der Waals surface area (Å²) in [5.74, 6) is 0.374. The third kappa shape index (κ3) is 10.3. The lowest BCUT2D eigenvalue weighted by Gasteiger charge is -2.40. The van der Waals surface area contributed by atoms with E-state index < -0.39 is 11.6 Å². The Labute approximate surface area is 266 Å². The molecule has 0 amide bonds. The summed E-state index contributed by atoms with van der Waals surface area (Å²) >= 11 is 6.04. The van der Waals surface area contributed by atoms with E-state index in [1.807, 2.05) is 38.5 Å². The van der Waals surface area contributed by atoms with Crippen molar-refractivity contribution >= 4 is 28.9 Å². The van der Waals surface area contributed by atoms with Crippen LogP contribution in [0.2, 0.25) is 5.02 Å². The minimum atomic E-state index is -0.862. The summed E-state index contributed by atoms with van der Waals surface area (Å²) in [6.45, 7) is 14.5. The molecule has 10 heteroatoms. The van der Waals surface area contributed by atoms with Crippen molar-refractivity contribution in [2.75, 3.05) is 50.2 Å². The summed E-state index contributed by atoms with van der Waals surface area (Å²) in [5.41, 5.74) is 4.81. The minimum absolute atomic E-state index is 0.0683. The van der Waals surface area contributed by atoms with E-state index in [1.54, 1.807) is 46.1 Å². The molecule has 0 spiro atoms. The molecular weight excluding hydrogens is 580 g/mol. The summed E-state index contributed by atoms with van der Waals surface area (Å²) in [4.78, 5) is 25.5. The lowest BCUT2D eigenvalue weighted by atomic mass is 9.82. The third-order valence-electron chi connectivity index (χ3n) is 7.40. The molecule has 44 heavy (non-hydrogen) atoms. The molecule has 1 aliphatic heterocycles. The van der Waals surface area contributed by atoms with Gasteiger partial charge < -0.3 is 29.5 Å². The Morgan fingerprint density at radius 1 is 1.09 bits per heavy atom. The number of pyridine rings is 2. The molecule has 0 saturated carbocycles. The second-order valence-corrected chi connectivity index (χ2v) is 13.4. The van der Waals surface area contributed by atoms with E-state index in [4.69, 9.17) is 31.2 Å². The van der Waals surface area contributed by atoms with Crippen molar-refractivity contribution in [3.63, 3.8) is 0 Å². The van der Waals surface area contributed by atoms with Crippen molar-refractivity contribution in [1.82, 2.24) is 9.97 Å². The van der Waals surface area contributed by atoms with Crippen molar-refractivity contribution in [2.24, 2.45) is 5.41 Å². The Kier molecular flexibility index (Phi) is 11.9. The quantitative estimate of drug-likeness (QED) is 0.255. The number of carbonyl (C=O) groups is 1. The number of aliphatic hydroxyl groups is 1. The van der Waals surface area contributed by atoms with Gasteiger partial charge in [-0.1, -0.05) is 25.4 Å². The van der Waals surface area contributed by atoms with Crippen LogP contribution in [0.4, 0.5) is 11.4 Å². The van der Waals surface area contributed by atoms with E-state index in [2.05, 4.69) is 28.6 Å². The Morgan fingerprint density at radius 3 is 2.32 bits per heavy atom. The fourth-order valence-electron chi connectivity index (χ4n) is 4.83. The summed E-state index contributed by atoms with van der Waals surface area (Å²) in [6, 6.07) is 9.29. The molecule has 0 bridgehead atoms. The molecule has 1 aromatic carbocycles. The molecule has 1 fully saturated rings. The summed E-state index contributed by atoms with van der Waals surface area (Å²) in [5, 5.41) is 18.8. The molecule has 1 aliphatic rings. The standard InChI is InChI=1S/C30H37ClN4O4.C4H10O/c1-20-23(17-28(36)37)29(35-12-10-30(2,3)11-13-35)24(19-32-20)25-8-7-22(18-33-25)34(4)14-15-39-26-9-6-21(31)16-27(26)38-5;1-4(2,3)5/h6-9,16,18-19H,10-15,17H2,1-5H3,(H,36,37);5H,1-3H3. The monoisotopic (exact) mass is 626 g/mol. The first kappa shape index (κ1) is 34.9. The molecule has 2 N–H and O–H groups in total. The number of carboxylic acids is 1. The van der Waals surface area contributed by atoms with Crippen LogP contribution >= 0.6 is 11.6 Å². The zero-order valence-electron chi connectivity index (χ0n) is 27.3. The average Bonchev–Trinajstić information content (AvgIpc) is 2.94. The molecule has 0 atom stereocenters. The third-order valence-corrected chi connectivity index (χ3v) is 7.64. The largest absolute Gasteiger partial charge is 0.493 e. The molecule has 0 aliphatic carbocycles. The van der Waals surface area contributed by atoms with Crippen LogP contribution in [-0.4, -0.2) is 72.1 Å². The number of hydrogen-bond donors (Lipinski definition) is 2. The van der Waals surface area contributed by atoms with Gasteiger partial charge in [-0.05, 0) is 70.2 Å². The second-order valence-electron chi connectivity index (χ2n) is 12.9. The van der Waals surface area contributed by atoms with Crippen LogP contribution in [0.1, 0.15) is 58.7 Å². The predicted molar refractivity (Wildman–Crippen MR) is 178 cm³/mol. The van der Waals surface area contributed by atoms with Gasteiger partial charge >= 0.3 is 5.97 Å². The van der Waals surface area contributed by atoms with Crippen molar-refractivity contribution in [3.05, 3.63) is 59.0 Å². The first-order valence-corrected chi connectivity index (χ1v) is 15.3. The zero-order chi connectivity index (χ0) is 32.7. The number of anilines is 2. The molecule has 4 rings (SSSR count). The molecule has 1 saturated heterocycles. The maximum absolute atomic E-state index is 11.8. The maximum Gasteiger partial charge on any atom is 0.307 e. The van der Waals surface area contributed by atoms with Crippen LogP contribution in [0.15, 0.2) is 42.7 Å². The molecule has 3 heterocycles. The van der Waals surface area contributed by atoms with E-state index >= 15 is 0 Å². The van der Waals surface area contributed by atoms with Crippen LogP contribution in [0.3, 0.4) is 0 Å². The molecule has 9 nitrogen and oxygen atoms in total. The molecule has 0 unspecified atom stereocenters. The molecule has 3 aromatic rings. The normalized spacial score (nSPS) is 14.4. The van der Waals surface area contributed by atoms with Crippen molar-refractivity contribution < 1.29 is 24.5 Å². The highest BCUT2D eigenvalue weighted by Gasteiger charge is 2.29. The van der Waals surface area contributed by atoms with Gasteiger partial charge in [0.1, 0.15) is 6.61 Å². The Bertz CT molecular complexity index is 1390. The van der Waals surface area contributed by atoms with Gasteiger partial charge in [-0.15, -0.1) is 0 Å². The highest BCUT2D eigenvalue weighted by Crippen LogP contribution is 2.39. The van der Waals surface area contributed by atoms with E-state index in [9.17, 15) is 9.90 Å². The SMILES string of the molecule is CC(C)(C)O.COc1cc(Cl)ccc1OCCN(C)c1ccc(-c2cnc(C)c(CC(=O)O)c2N2CCC(C)(C)CC2)nc1. The average molecular weight is 627 g/mol. The van der Waals surface area contributed by atoms with Crippen molar-refractivity contribution in [3.8, 4) is 22.8 Å². The minimum Gasteiger partial charge on any atom is -0.493 e. The zero-order valence-corrected chi connectivity index (χ0v) is 28.0. The van der Waals surface area contributed by atoms with Gasteiger partial charge in [-0.2, -0.15) is 0 Å². The first-order valence-electron chi connectivity index (χ1n) is 14.9. The van der Waals surface area contributed by atoms with E-state index in [-0.39, 0.29) is 11.8 Å². The number of benzene rings is 1. The fourth-order valence-corrected chi connectivity index (χ4v) is 5.00. The Balaban J connectivity index is 0.000000978. The van der Waals surface area contributed by atoms with Crippen molar-refractivity contribution in [1.29, 1.82) is 0 Å². The molecular formula is C34H47ClN4O5. The second kappa shape index (κ2) is 14.9. The van der Waals surface area contributed by atoms with Gasteiger partial charge in [-0.3, -0.25) is 14.8 Å². The number of aryl methyl sites for hydroxylation is 1. The fraction of sp³-hybridized carbons (Fsp3) is 0.500. The molecule has 2 aromatic heterocycles. The predicted octanol–water partition coefficient (Wildman–Crippen LogP) is 6.66. The lowest BCUT2D eigenvalue weighted by Crippen LogP contribution is -2.38. The number of halogens is 1. The van der Waals surface area contributed by atoms with E-state index in [0.29, 0.717) is 29.7 Å². The van der Waals surface area contributed by atoms with Gasteiger partial charge in [0.05, 0.1) is 48.9 Å². The highest BCUT2D eigenvalue weighted by molar-refractivity contribution is 6.30. The first-order chi connectivity index (χ1) is 20.6. The Morgan fingerprint density at radius 2 is 1.75 bits per heavy atom. The number of piperidine rings is 1. The number of carboxylic acid groups (broad SMARTS) is 1.